The van der Waals surface area contributed by atoms with Crippen molar-refractivity contribution >= 4 is 17.2 Å². The lowest BCUT2D eigenvalue weighted by molar-refractivity contribution is -0.122. The SMILES string of the molecule is C[C@H](NC(=O)CCc1nnc(-c2ccsc2)o1)[C@H]1CCCO1. The molecular formula is C15H19N3O3S. The van der Waals surface area contributed by atoms with Crippen molar-refractivity contribution in [3.05, 3.63) is 22.7 Å². The minimum atomic E-state index is -0.0155. The van der Waals surface area contributed by atoms with Crippen molar-refractivity contribution in [1.29, 1.82) is 0 Å². The molecule has 0 aromatic carbocycles. The van der Waals surface area contributed by atoms with Gasteiger partial charge in [0.1, 0.15) is 0 Å². The van der Waals surface area contributed by atoms with Crippen molar-refractivity contribution in [1.82, 2.24) is 15.5 Å². The van der Waals surface area contributed by atoms with Gasteiger partial charge in [0.2, 0.25) is 17.7 Å². The standard InChI is InChI=1S/C15H19N3O3S/c1-10(12-3-2-7-20-12)16-13(19)4-5-14-17-18-15(21-14)11-6-8-22-9-11/h6,8-10,12H,2-5,7H2,1H3,(H,16,19)/t10-,12+/m0/s1. The number of hydrogen-bond acceptors (Lipinski definition) is 6. The maximum absolute atomic E-state index is 12.0. The van der Waals surface area contributed by atoms with E-state index in [0.717, 1.165) is 25.0 Å². The van der Waals surface area contributed by atoms with Crippen molar-refractivity contribution in [2.75, 3.05) is 6.61 Å². The number of nitrogens with zero attached hydrogens (tertiary/aromatic N) is 2. The molecule has 3 heterocycles. The third-order valence-corrected chi connectivity index (χ3v) is 4.40. The van der Waals surface area contributed by atoms with Crippen molar-refractivity contribution in [2.45, 2.75) is 44.8 Å². The number of carbonyl (C=O) groups is 1. The number of rotatable bonds is 6. The fraction of sp³-hybridized carbons (Fsp3) is 0.533. The molecule has 3 rings (SSSR count). The Morgan fingerprint density at radius 2 is 2.45 bits per heavy atom. The number of nitrogens with one attached hydrogen (secondary N) is 1. The average Bonchev–Trinajstić information content (AvgIpc) is 3.25. The highest BCUT2D eigenvalue weighted by molar-refractivity contribution is 7.08. The second kappa shape index (κ2) is 7.02. The lowest BCUT2D eigenvalue weighted by atomic mass is 10.1. The topological polar surface area (TPSA) is 77.3 Å². The van der Waals surface area contributed by atoms with E-state index in [1.165, 1.54) is 0 Å². The quantitative estimate of drug-likeness (QED) is 0.884. The van der Waals surface area contributed by atoms with Crippen LogP contribution in [-0.2, 0) is 16.0 Å². The van der Waals surface area contributed by atoms with E-state index in [2.05, 4.69) is 15.5 Å². The molecule has 0 radical (unpaired) electrons. The summed E-state index contributed by atoms with van der Waals surface area (Å²) in [6.45, 7) is 2.77. The number of aromatic nitrogens is 2. The molecule has 0 saturated carbocycles. The first-order chi connectivity index (χ1) is 10.7. The molecule has 1 saturated heterocycles. The van der Waals surface area contributed by atoms with Crippen molar-refractivity contribution in [3.63, 3.8) is 0 Å². The van der Waals surface area contributed by atoms with Crippen LogP contribution < -0.4 is 5.32 Å². The van der Waals surface area contributed by atoms with Gasteiger partial charge in [-0.2, -0.15) is 11.3 Å². The molecule has 0 unspecified atom stereocenters. The zero-order valence-electron chi connectivity index (χ0n) is 12.4. The molecule has 2 aromatic heterocycles. The highest BCUT2D eigenvalue weighted by atomic mass is 32.1. The summed E-state index contributed by atoms with van der Waals surface area (Å²) < 4.78 is 11.1. The predicted octanol–water partition coefficient (Wildman–Crippen LogP) is 2.41. The fourth-order valence-corrected chi connectivity index (χ4v) is 3.12. The first-order valence-corrected chi connectivity index (χ1v) is 8.42. The van der Waals surface area contributed by atoms with Gasteiger partial charge in [-0.3, -0.25) is 4.79 Å². The van der Waals surface area contributed by atoms with E-state index < -0.39 is 0 Å². The van der Waals surface area contributed by atoms with Crippen LogP contribution in [0.15, 0.2) is 21.2 Å². The number of thiophene rings is 1. The van der Waals surface area contributed by atoms with E-state index in [1.807, 2.05) is 23.8 Å². The van der Waals surface area contributed by atoms with Crippen LogP contribution in [0.1, 0.15) is 32.1 Å². The monoisotopic (exact) mass is 321 g/mol. The van der Waals surface area contributed by atoms with Gasteiger partial charge < -0.3 is 14.5 Å². The normalized spacial score (nSPS) is 19.2. The molecule has 2 atom stereocenters. The second-order valence-electron chi connectivity index (χ2n) is 5.42. The summed E-state index contributed by atoms with van der Waals surface area (Å²) in [5.74, 6) is 0.976. The highest BCUT2D eigenvalue weighted by Gasteiger charge is 2.23. The van der Waals surface area contributed by atoms with Crippen LogP contribution in [0.25, 0.3) is 11.5 Å². The van der Waals surface area contributed by atoms with Crippen LogP contribution in [0.5, 0.6) is 0 Å². The summed E-state index contributed by atoms with van der Waals surface area (Å²) >= 11 is 1.58. The summed E-state index contributed by atoms with van der Waals surface area (Å²) in [4.78, 5) is 12.0. The molecule has 0 bridgehead atoms. The van der Waals surface area contributed by atoms with Crippen molar-refractivity contribution < 1.29 is 13.9 Å². The molecule has 1 amide bonds. The lowest BCUT2D eigenvalue weighted by Gasteiger charge is -2.19. The highest BCUT2D eigenvalue weighted by Crippen LogP contribution is 2.21. The summed E-state index contributed by atoms with van der Waals surface area (Å²) in [6.07, 6.45) is 2.99. The molecular weight excluding hydrogens is 302 g/mol. The first kappa shape index (κ1) is 15.2. The average molecular weight is 321 g/mol. The maximum Gasteiger partial charge on any atom is 0.248 e. The van der Waals surface area contributed by atoms with Crippen LogP contribution in [0.2, 0.25) is 0 Å². The van der Waals surface area contributed by atoms with E-state index in [1.54, 1.807) is 11.3 Å². The Balaban J connectivity index is 1.46. The van der Waals surface area contributed by atoms with Crippen molar-refractivity contribution in [2.24, 2.45) is 0 Å². The van der Waals surface area contributed by atoms with Gasteiger partial charge in [-0.1, -0.05) is 0 Å². The Hall–Kier alpha value is -1.73. The van der Waals surface area contributed by atoms with Crippen LogP contribution in [0, 0.1) is 0 Å². The van der Waals surface area contributed by atoms with E-state index >= 15 is 0 Å². The zero-order chi connectivity index (χ0) is 15.4. The Morgan fingerprint density at radius 1 is 1.55 bits per heavy atom. The second-order valence-corrected chi connectivity index (χ2v) is 6.20. The fourth-order valence-electron chi connectivity index (χ4n) is 2.49. The molecule has 0 spiro atoms. The maximum atomic E-state index is 12.0. The van der Waals surface area contributed by atoms with Gasteiger partial charge >= 0.3 is 0 Å². The Labute approximate surface area is 132 Å². The molecule has 0 aliphatic carbocycles. The van der Waals surface area contributed by atoms with Gasteiger partial charge in [0.05, 0.1) is 12.1 Å². The lowest BCUT2D eigenvalue weighted by Crippen LogP contribution is -2.40. The molecule has 1 aliphatic heterocycles. The molecule has 1 fully saturated rings. The number of ether oxygens (including phenoxy) is 1. The van der Waals surface area contributed by atoms with Gasteiger partial charge in [0, 0.05) is 30.4 Å². The zero-order valence-corrected chi connectivity index (χ0v) is 13.3. The van der Waals surface area contributed by atoms with Crippen LogP contribution in [0.3, 0.4) is 0 Å². The number of amides is 1. The number of hydrogen-bond donors (Lipinski definition) is 1. The summed E-state index contributed by atoms with van der Waals surface area (Å²) in [5, 5.41) is 14.9. The molecule has 1 aliphatic rings. The Morgan fingerprint density at radius 3 is 3.18 bits per heavy atom. The molecule has 1 N–H and O–H groups in total. The number of aryl methyl sites for hydroxylation is 1. The van der Waals surface area contributed by atoms with Gasteiger partial charge in [-0.25, -0.2) is 0 Å². The molecule has 118 valence electrons. The molecule has 7 heteroatoms. The first-order valence-electron chi connectivity index (χ1n) is 7.48. The summed E-state index contributed by atoms with van der Waals surface area (Å²) in [7, 11) is 0. The van der Waals surface area contributed by atoms with E-state index in [9.17, 15) is 4.79 Å². The number of carbonyl (C=O) groups excluding carboxylic acids is 1. The van der Waals surface area contributed by atoms with Gasteiger partial charge in [0.15, 0.2) is 0 Å². The van der Waals surface area contributed by atoms with Crippen LogP contribution in [-0.4, -0.2) is 34.9 Å². The van der Waals surface area contributed by atoms with E-state index in [-0.39, 0.29) is 18.1 Å². The van der Waals surface area contributed by atoms with Gasteiger partial charge in [0.25, 0.3) is 0 Å². The summed E-state index contributed by atoms with van der Waals surface area (Å²) in [5.41, 5.74) is 0.917. The van der Waals surface area contributed by atoms with E-state index in [0.29, 0.717) is 24.6 Å². The molecule has 6 nitrogen and oxygen atoms in total. The largest absolute Gasteiger partial charge is 0.421 e. The third-order valence-electron chi connectivity index (χ3n) is 3.71. The minimum absolute atomic E-state index is 0.0155. The molecule has 2 aromatic rings. The molecule has 22 heavy (non-hydrogen) atoms. The van der Waals surface area contributed by atoms with Gasteiger partial charge in [-0.15, -0.1) is 10.2 Å². The van der Waals surface area contributed by atoms with Crippen LogP contribution in [0.4, 0.5) is 0 Å². The van der Waals surface area contributed by atoms with E-state index in [4.69, 9.17) is 9.15 Å². The van der Waals surface area contributed by atoms with Crippen LogP contribution >= 0.6 is 11.3 Å². The smallest absolute Gasteiger partial charge is 0.248 e. The minimum Gasteiger partial charge on any atom is -0.421 e. The Bertz CT molecular complexity index is 605. The Kier molecular flexibility index (Phi) is 4.84. The van der Waals surface area contributed by atoms with Gasteiger partial charge in [-0.05, 0) is 31.2 Å². The third kappa shape index (κ3) is 3.72. The predicted molar refractivity (Wildman–Crippen MR) is 82.5 cm³/mol. The summed E-state index contributed by atoms with van der Waals surface area (Å²) in [6, 6.07) is 1.97. The van der Waals surface area contributed by atoms with Crippen molar-refractivity contribution in [3.8, 4) is 11.5 Å².